The van der Waals surface area contributed by atoms with Crippen LogP contribution in [0.2, 0.25) is 0 Å². The zero-order valence-electron chi connectivity index (χ0n) is 12.2. The van der Waals surface area contributed by atoms with Crippen LogP contribution in [0.15, 0.2) is 30.3 Å². The highest BCUT2D eigenvalue weighted by Gasteiger charge is 2.10. The van der Waals surface area contributed by atoms with Crippen molar-refractivity contribution in [1.82, 2.24) is 9.97 Å². The number of anilines is 2. The van der Waals surface area contributed by atoms with Crippen LogP contribution in [0.5, 0.6) is 0 Å². The lowest BCUT2D eigenvalue weighted by Crippen LogP contribution is -2.16. The van der Waals surface area contributed by atoms with Crippen LogP contribution in [-0.4, -0.2) is 15.9 Å². The SMILES string of the molecule is CCCc1cc(C(=O)Nc2cccc(C)n2)cc(NN)n1. The second-order valence-electron chi connectivity index (χ2n) is 4.75. The number of nitrogens with two attached hydrogens (primary N) is 1. The number of aryl methyl sites for hydroxylation is 2. The molecule has 2 aromatic rings. The van der Waals surface area contributed by atoms with Gasteiger partial charge in [-0.1, -0.05) is 19.4 Å². The minimum Gasteiger partial charge on any atom is -0.308 e. The maximum absolute atomic E-state index is 12.3. The average molecular weight is 285 g/mol. The monoisotopic (exact) mass is 285 g/mol. The highest BCUT2D eigenvalue weighted by atomic mass is 16.1. The summed E-state index contributed by atoms with van der Waals surface area (Å²) in [5.41, 5.74) is 4.67. The van der Waals surface area contributed by atoms with Gasteiger partial charge in [-0.15, -0.1) is 0 Å². The van der Waals surface area contributed by atoms with Crippen LogP contribution in [0.25, 0.3) is 0 Å². The lowest BCUT2D eigenvalue weighted by molar-refractivity contribution is 0.102. The Bertz CT molecular complexity index is 642. The molecule has 2 aromatic heterocycles. The van der Waals surface area contributed by atoms with E-state index in [4.69, 9.17) is 5.84 Å². The molecule has 0 saturated carbocycles. The Labute approximate surface area is 123 Å². The molecule has 1 amide bonds. The number of hydrogen-bond acceptors (Lipinski definition) is 5. The first kappa shape index (κ1) is 14.9. The zero-order valence-corrected chi connectivity index (χ0v) is 12.2. The summed E-state index contributed by atoms with van der Waals surface area (Å²) in [5, 5.41) is 2.77. The van der Waals surface area contributed by atoms with Gasteiger partial charge in [-0.05, 0) is 37.6 Å². The average Bonchev–Trinajstić information content (AvgIpc) is 2.47. The quantitative estimate of drug-likeness (QED) is 0.579. The number of nitrogen functional groups attached to an aromatic ring is 1. The molecule has 0 spiro atoms. The molecular formula is C15H19N5O. The Hall–Kier alpha value is -2.47. The van der Waals surface area contributed by atoms with Gasteiger partial charge in [0.15, 0.2) is 0 Å². The molecule has 0 aliphatic carbocycles. The molecule has 0 bridgehead atoms. The summed E-state index contributed by atoms with van der Waals surface area (Å²) in [7, 11) is 0. The highest BCUT2D eigenvalue weighted by Crippen LogP contribution is 2.13. The molecule has 6 nitrogen and oxygen atoms in total. The molecule has 0 aromatic carbocycles. The fourth-order valence-electron chi connectivity index (χ4n) is 1.98. The number of nitrogens with zero attached hydrogens (tertiary/aromatic N) is 2. The molecule has 0 saturated heterocycles. The second-order valence-corrected chi connectivity index (χ2v) is 4.75. The minimum absolute atomic E-state index is 0.232. The van der Waals surface area contributed by atoms with E-state index < -0.39 is 0 Å². The number of aromatic nitrogens is 2. The standard InChI is InChI=1S/C15H19N5O/c1-3-5-12-8-11(9-14(18-12)20-16)15(21)19-13-7-4-6-10(2)17-13/h4,6-9H,3,5,16H2,1-2H3,(H,18,20)(H,17,19,21). The maximum atomic E-state index is 12.3. The van der Waals surface area contributed by atoms with Gasteiger partial charge in [-0.3, -0.25) is 4.79 Å². The van der Waals surface area contributed by atoms with Crippen molar-refractivity contribution in [3.05, 3.63) is 47.3 Å². The Morgan fingerprint density at radius 1 is 1.24 bits per heavy atom. The molecule has 21 heavy (non-hydrogen) atoms. The van der Waals surface area contributed by atoms with Gasteiger partial charge in [0, 0.05) is 17.0 Å². The van der Waals surface area contributed by atoms with Crippen molar-refractivity contribution in [2.24, 2.45) is 5.84 Å². The van der Waals surface area contributed by atoms with Crippen LogP contribution in [0, 0.1) is 6.92 Å². The number of pyridine rings is 2. The lowest BCUT2D eigenvalue weighted by Gasteiger charge is -2.09. The normalized spacial score (nSPS) is 10.2. The summed E-state index contributed by atoms with van der Waals surface area (Å²) in [5.74, 6) is 6.17. The Balaban J connectivity index is 2.23. The van der Waals surface area contributed by atoms with E-state index in [1.54, 1.807) is 18.2 Å². The summed E-state index contributed by atoms with van der Waals surface area (Å²) in [4.78, 5) is 20.9. The lowest BCUT2D eigenvalue weighted by atomic mass is 10.1. The fraction of sp³-hybridized carbons (Fsp3) is 0.267. The molecular weight excluding hydrogens is 266 g/mol. The van der Waals surface area contributed by atoms with Crippen LogP contribution in [0.1, 0.15) is 35.1 Å². The van der Waals surface area contributed by atoms with Gasteiger partial charge in [-0.25, -0.2) is 15.8 Å². The first-order valence-corrected chi connectivity index (χ1v) is 6.85. The number of carbonyl (C=O) groups excluding carboxylic acids is 1. The van der Waals surface area contributed by atoms with Gasteiger partial charge in [0.1, 0.15) is 11.6 Å². The van der Waals surface area contributed by atoms with Gasteiger partial charge in [0.2, 0.25) is 0 Å². The fourth-order valence-corrected chi connectivity index (χ4v) is 1.98. The van der Waals surface area contributed by atoms with Crippen molar-refractivity contribution in [2.45, 2.75) is 26.7 Å². The van der Waals surface area contributed by atoms with Crippen molar-refractivity contribution in [3.8, 4) is 0 Å². The molecule has 6 heteroatoms. The summed E-state index contributed by atoms with van der Waals surface area (Å²) in [6, 6.07) is 8.86. The van der Waals surface area contributed by atoms with Crippen molar-refractivity contribution in [1.29, 1.82) is 0 Å². The van der Waals surface area contributed by atoms with E-state index in [1.165, 1.54) is 0 Å². The third kappa shape index (κ3) is 4.00. The Morgan fingerprint density at radius 3 is 2.71 bits per heavy atom. The highest BCUT2D eigenvalue weighted by molar-refractivity contribution is 6.04. The summed E-state index contributed by atoms with van der Waals surface area (Å²) < 4.78 is 0. The van der Waals surface area contributed by atoms with Gasteiger partial charge in [0.25, 0.3) is 5.91 Å². The minimum atomic E-state index is -0.232. The van der Waals surface area contributed by atoms with Gasteiger partial charge < -0.3 is 10.7 Å². The molecule has 2 heterocycles. The van der Waals surface area contributed by atoms with Gasteiger partial charge in [0.05, 0.1) is 0 Å². The number of rotatable bonds is 5. The topological polar surface area (TPSA) is 92.9 Å². The van der Waals surface area contributed by atoms with Crippen LogP contribution in [0.4, 0.5) is 11.6 Å². The summed E-state index contributed by atoms with van der Waals surface area (Å²) in [6.45, 7) is 3.93. The molecule has 2 rings (SSSR count). The second kappa shape index (κ2) is 6.81. The predicted molar refractivity (Wildman–Crippen MR) is 83.0 cm³/mol. The molecule has 0 radical (unpaired) electrons. The molecule has 0 aliphatic rings. The molecule has 0 aliphatic heterocycles. The third-order valence-electron chi connectivity index (χ3n) is 2.92. The summed E-state index contributed by atoms with van der Waals surface area (Å²) in [6.07, 6.45) is 1.74. The number of amides is 1. The molecule has 0 atom stereocenters. The molecule has 4 N–H and O–H groups in total. The zero-order chi connectivity index (χ0) is 15.2. The van der Waals surface area contributed by atoms with Crippen LogP contribution >= 0.6 is 0 Å². The smallest absolute Gasteiger partial charge is 0.257 e. The van der Waals surface area contributed by atoms with E-state index in [0.717, 1.165) is 24.2 Å². The van der Waals surface area contributed by atoms with E-state index in [9.17, 15) is 4.79 Å². The van der Waals surface area contributed by atoms with Gasteiger partial charge in [-0.2, -0.15) is 0 Å². The van der Waals surface area contributed by atoms with Crippen LogP contribution in [-0.2, 0) is 6.42 Å². The van der Waals surface area contributed by atoms with E-state index in [2.05, 4.69) is 27.6 Å². The third-order valence-corrected chi connectivity index (χ3v) is 2.92. The number of hydrazine groups is 1. The Kier molecular flexibility index (Phi) is 4.84. The van der Waals surface area contributed by atoms with Crippen molar-refractivity contribution >= 4 is 17.5 Å². The van der Waals surface area contributed by atoms with E-state index in [0.29, 0.717) is 17.2 Å². The van der Waals surface area contributed by atoms with Crippen molar-refractivity contribution < 1.29 is 4.79 Å². The van der Waals surface area contributed by atoms with E-state index in [1.807, 2.05) is 19.1 Å². The largest absolute Gasteiger partial charge is 0.308 e. The first-order valence-electron chi connectivity index (χ1n) is 6.85. The number of nitrogens with one attached hydrogen (secondary N) is 2. The predicted octanol–water partition coefficient (Wildman–Crippen LogP) is 2.28. The molecule has 110 valence electrons. The number of carbonyl (C=O) groups is 1. The summed E-state index contributed by atoms with van der Waals surface area (Å²) >= 11 is 0. The van der Waals surface area contributed by atoms with Gasteiger partial charge >= 0.3 is 0 Å². The maximum Gasteiger partial charge on any atom is 0.257 e. The van der Waals surface area contributed by atoms with E-state index >= 15 is 0 Å². The Morgan fingerprint density at radius 2 is 2.05 bits per heavy atom. The van der Waals surface area contributed by atoms with Crippen LogP contribution in [0.3, 0.4) is 0 Å². The molecule has 0 unspecified atom stereocenters. The molecule has 0 fully saturated rings. The number of hydrogen-bond donors (Lipinski definition) is 3. The van der Waals surface area contributed by atoms with Crippen molar-refractivity contribution in [2.75, 3.05) is 10.7 Å². The first-order chi connectivity index (χ1) is 10.1. The van der Waals surface area contributed by atoms with E-state index in [-0.39, 0.29) is 5.91 Å². The van der Waals surface area contributed by atoms with Crippen LogP contribution < -0.4 is 16.6 Å². The van der Waals surface area contributed by atoms with Crippen molar-refractivity contribution in [3.63, 3.8) is 0 Å².